The molecule has 1 aliphatic heterocycles. The molecule has 0 amide bonds. The lowest BCUT2D eigenvalue weighted by molar-refractivity contribution is 0.545. The maximum atomic E-state index is 12.1. The van der Waals surface area contributed by atoms with Gasteiger partial charge in [0.25, 0.3) is 0 Å². The standard InChI is InChI=1S/C11H15BrN2O2S2/c12-10-5-9(13)1-2-11(10)18(15,16)14-6-8-3-4-17-7-8/h1-2,5,8,14H,3-4,6-7,13H2. The van der Waals surface area contributed by atoms with E-state index in [0.29, 0.717) is 22.6 Å². The van der Waals surface area contributed by atoms with Crippen molar-refractivity contribution in [1.82, 2.24) is 4.72 Å². The van der Waals surface area contributed by atoms with Crippen molar-refractivity contribution in [2.45, 2.75) is 11.3 Å². The fourth-order valence-corrected chi connectivity index (χ4v) is 5.28. The molecule has 1 saturated heterocycles. The fourth-order valence-electron chi connectivity index (χ4n) is 1.78. The Labute approximate surface area is 120 Å². The second kappa shape index (κ2) is 5.81. The number of thioether (sulfide) groups is 1. The fraction of sp³-hybridized carbons (Fsp3) is 0.455. The van der Waals surface area contributed by atoms with E-state index in [2.05, 4.69) is 20.7 Å². The lowest BCUT2D eigenvalue weighted by atomic mass is 10.1. The molecule has 0 radical (unpaired) electrons. The van der Waals surface area contributed by atoms with Crippen LogP contribution in [0.5, 0.6) is 0 Å². The first kappa shape index (κ1) is 14.2. The quantitative estimate of drug-likeness (QED) is 0.815. The Morgan fingerprint density at radius 1 is 1.50 bits per heavy atom. The van der Waals surface area contributed by atoms with Gasteiger partial charge < -0.3 is 5.73 Å². The molecule has 18 heavy (non-hydrogen) atoms. The topological polar surface area (TPSA) is 72.2 Å². The van der Waals surface area contributed by atoms with E-state index >= 15 is 0 Å². The molecule has 2 rings (SSSR count). The molecule has 1 unspecified atom stereocenters. The summed E-state index contributed by atoms with van der Waals surface area (Å²) in [6.07, 6.45) is 1.08. The number of anilines is 1. The van der Waals surface area contributed by atoms with Crippen LogP contribution in [-0.4, -0.2) is 26.5 Å². The number of benzene rings is 1. The summed E-state index contributed by atoms with van der Waals surface area (Å²) in [6, 6.07) is 4.70. The average molecular weight is 351 g/mol. The van der Waals surface area contributed by atoms with Gasteiger partial charge in [-0.2, -0.15) is 11.8 Å². The first-order chi connectivity index (χ1) is 8.49. The van der Waals surface area contributed by atoms with Crippen LogP contribution in [0.3, 0.4) is 0 Å². The summed E-state index contributed by atoms with van der Waals surface area (Å²) < 4.78 is 27.4. The van der Waals surface area contributed by atoms with Crippen LogP contribution in [0.15, 0.2) is 27.6 Å². The Hall–Kier alpha value is -0.240. The largest absolute Gasteiger partial charge is 0.399 e. The van der Waals surface area contributed by atoms with Crippen molar-refractivity contribution in [1.29, 1.82) is 0 Å². The molecule has 0 aliphatic carbocycles. The smallest absolute Gasteiger partial charge is 0.241 e. The molecule has 0 spiro atoms. The molecular formula is C11H15BrN2O2S2. The Kier molecular flexibility index (Phi) is 4.58. The first-order valence-electron chi connectivity index (χ1n) is 5.61. The molecule has 1 fully saturated rings. The van der Waals surface area contributed by atoms with Gasteiger partial charge in [0.2, 0.25) is 10.0 Å². The molecule has 100 valence electrons. The molecule has 1 aromatic rings. The zero-order valence-electron chi connectivity index (χ0n) is 9.73. The third-order valence-electron chi connectivity index (χ3n) is 2.83. The number of hydrogen-bond acceptors (Lipinski definition) is 4. The summed E-state index contributed by atoms with van der Waals surface area (Å²) in [7, 11) is -3.46. The SMILES string of the molecule is Nc1ccc(S(=O)(=O)NCC2CCSC2)c(Br)c1. The lowest BCUT2D eigenvalue weighted by Gasteiger charge is -2.12. The Balaban J connectivity index is 2.09. The Morgan fingerprint density at radius 2 is 2.28 bits per heavy atom. The number of sulfonamides is 1. The van der Waals surface area contributed by atoms with Gasteiger partial charge in [0.1, 0.15) is 0 Å². The maximum Gasteiger partial charge on any atom is 0.241 e. The zero-order chi connectivity index (χ0) is 13.2. The highest BCUT2D eigenvalue weighted by molar-refractivity contribution is 9.10. The van der Waals surface area contributed by atoms with Crippen LogP contribution in [0, 0.1) is 5.92 Å². The average Bonchev–Trinajstić information content (AvgIpc) is 2.78. The van der Waals surface area contributed by atoms with Crippen LogP contribution < -0.4 is 10.5 Å². The molecule has 7 heteroatoms. The normalized spacial score (nSPS) is 20.2. The third-order valence-corrected chi connectivity index (χ3v) is 6.46. The van der Waals surface area contributed by atoms with Gasteiger partial charge in [-0.05, 0) is 58.0 Å². The van der Waals surface area contributed by atoms with Crippen LogP contribution >= 0.6 is 27.7 Å². The maximum absolute atomic E-state index is 12.1. The summed E-state index contributed by atoms with van der Waals surface area (Å²) in [5.41, 5.74) is 6.13. The van der Waals surface area contributed by atoms with E-state index in [-0.39, 0.29) is 4.90 Å². The summed E-state index contributed by atoms with van der Waals surface area (Å²) in [5.74, 6) is 2.60. The molecule has 3 N–H and O–H groups in total. The van der Waals surface area contributed by atoms with Crippen LogP contribution in [0.25, 0.3) is 0 Å². The van der Waals surface area contributed by atoms with Crippen LogP contribution in [0.2, 0.25) is 0 Å². The van der Waals surface area contributed by atoms with E-state index in [4.69, 9.17) is 5.73 Å². The van der Waals surface area contributed by atoms with E-state index < -0.39 is 10.0 Å². The number of nitrogens with two attached hydrogens (primary N) is 1. The number of rotatable bonds is 4. The summed E-state index contributed by atoms with van der Waals surface area (Å²) in [6.45, 7) is 0.506. The van der Waals surface area contributed by atoms with E-state index in [1.165, 1.54) is 6.07 Å². The minimum absolute atomic E-state index is 0.238. The highest BCUT2D eigenvalue weighted by Crippen LogP contribution is 2.26. The van der Waals surface area contributed by atoms with Gasteiger partial charge in [-0.15, -0.1) is 0 Å². The summed E-state index contributed by atoms with van der Waals surface area (Å²) in [5, 5.41) is 0. The molecule has 4 nitrogen and oxygen atoms in total. The van der Waals surface area contributed by atoms with Gasteiger partial charge in [-0.3, -0.25) is 0 Å². The highest BCUT2D eigenvalue weighted by atomic mass is 79.9. The predicted molar refractivity (Wildman–Crippen MR) is 79.2 cm³/mol. The van der Waals surface area contributed by atoms with Crippen molar-refractivity contribution < 1.29 is 8.42 Å². The monoisotopic (exact) mass is 350 g/mol. The molecule has 1 heterocycles. The van der Waals surface area contributed by atoms with Gasteiger partial charge in [0.15, 0.2) is 0 Å². The van der Waals surface area contributed by atoms with Crippen LogP contribution in [0.4, 0.5) is 5.69 Å². The van der Waals surface area contributed by atoms with Crippen molar-refractivity contribution >= 4 is 43.4 Å². The van der Waals surface area contributed by atoms with E-state index in [0.717, 1.165) is 17.9 Å². The second-order valence-corrected chi connectivity index (χ2v) is 8.01. The van der Waals surface area contributed by atoms with Crippen molar-refractivity contribution in [3.8, 4) is 0 Å². The molecule has 1 aromatic carbocycles. The minimum atomic E-state index is -3.46. The second-order valence-electron chi connectivity index (χ2n) is 4.27. The predicted octanol–water partition coefficient (Wildman–Crippen LogP) is 2.06. The van der Waals surface area contributed by atoms with Gasteiger partial charge >= 0.3 is 0 Å². The van der Waals surface area contributed by atoms with Crippen LogP contribution in [0.1, 0.15) is 6.42 Å². The van der Waals surface area contributed by atoms with Crippen molar-refractivity contribution in [2.24, 2.45) is 5.92 Å². The highest BCUT2D eigenvalue weighted by Gasteiger charge is 2.21. The lowest BCUT2D eigenvalue weighted by Crippen LogP contribution is -2.29. The van der Waals surface area contributed by atoms with Crippen molar-refractivity contribution in [3.05, 3.63) is 22.7 Å². The van der Waals surface area contributed by atoms with Gasteiger partial charge in [0.05, 0.1) is 4.90 Å². The molecule has 0 aromatic heterocycles. The summed E-state index contributed by atoms with van der Waals surface area (Å²) in [4.78, 5) is 0.238. The molecule has 1 atom stereocenters. The van der Waals surface area contributed by atoms with Gasteiger partial charge in [0, 0.05) is 16.7 Å². The molecule has 0 saturated carbocycles. The molecular weight excluding hydrogens is 336 g/mol. The molecule has 1 aliphatic rings. The molecule has 0 bridgehead atoms. The van der Waals surface area contributed by atoms with E-state index in [1.54, 1.807) is 12.1 Å². The minimum Gasteiger partial charge on any atom is -0.399 e. The Morgan fingerprint density at radius 3 is 2.89 bits per heavy atom. The number of hydrogen-bond donors (Lipinski definition) is 2. The third kappa shape index (κ3) is 3.40. The Bertz CT molecular complexity index is 528. The van der Waals surface area contributed by atoms with E-state index in [1.807, 2.05) is 11.8 Å². The van der Waals surface area contributed by atoms with Gasteiger partial charge in [-0.25, -0.2) is 13.1 Å². The zero-order valence-corrected chi connectivity index (χ0v) is 12.9. The number of nitrogens with one attached hydrogen (secondary N) is 1. The number of nitrogen functional groups attached to an aromatic ring is 1. The van der Waals surface area contributed by atoms with Gasteiger partial charge in [-0.1, -0.05) is 0 Å². The first-order valence-corrected chi connectivity index (χ1v) is 9.04. The number of halogens is 1. The van der Waals surface area contributed by atoms with Crippen LogP contribution in [-0.2, 0) is 10.0 Å². The summed E-state index contributed by atoms with van der Waals surface area (Å²) >= 11 is 5.11. The van der Waals surface area contributed by atoms with Crippen molar-refractivity contribution in [3.63, 3.8) is 0 Å². The van der Waals surface area contributed by atoms with E-state index in [9.17, 15) is 8.42 Å². The van der Waals surface area contributed by atoms with Crippen molar-refractivity contribution in [2.75, 3.05) is 23.8 Å².